The fourth-order valence-corrected chi connectivity index (χ4v) is 5.90. The third-order valence-electron chi connectivity index (χ3n) is 4.08. The molecule has 0 radical (unpaired) electrons. The monoisotopic (exact) mass is 430 g/mol. The van der Waals surface area contributed by atoms with Gasteiger partial charge in [0, 0.05) is 23.4 Å². The van der Waals surface area contributed by atoms with E-state index in [0.717, 1.165) is 18.2 Å². The molecule has 2 aromatic rings. The van der Waals surface area contributed by atoms with E-state index < -0.39 is 43.4 Å². The third-order valence-corrected chi connectivity index (χ3v) is 7.37. The van der Waals surface area contributed by atoms with Crippen molar-refractivity contribution in [3.8, 4) is 0 Å². The highest BCUT2D eigenvalue weighted by Crippen LogP contribution is 2.18. The van der Waals surface area contributed by atoms with Crippen LogP contribution in [0.4, 0.5) is 14.5 Å². The topological polar surface area (TPSA) is 109 Å². The molecule has 150 valence electrons. The van der Waals surface area contributed by atoms with Crippen LogP contribution in [0.1, 0.15) is 16.8 Å². The summed E-state index contributed by atoms with van der Waals surface area (Å²) in [6.07, 6.45) is 0.173. The molecule has 1 heterocycles. The Morgan fingerprint density at radius 3 is 2.36 bits per heavy atom. The SMILES string of the molecule is O=C(Nc1cc(F)cc(F)c1)c1cccc(S(=O)(=O)NC2CCS(=O)(=O)C2)c1. The second-order valence-corrected chi connectivity index (χ2v) is 10.3. The van der Waals surface area contributed by atoms with E-state index >= 15 is 0 Å². The average Bonchev–Trinajstić information content (AvgIpc) is 2.92. The first kappa shape index (κ1) is 20.4. The van der Waals surface area contributed by atoms with Gasteiger partial charge in [0.25, 0.3) is 5.91 Å². The molecule has 0 saturated carbocycles. The summed E-state index contributed by atoms with van der Waals surface area (Å²) in [5.74, 6) is -2.88. The fourth-order valence-electron chi connectivity index (χ4n) is 2.81. The number of anilines is 1. The van der Waals surface area contributed by atoms with Gasteiger partial charge in [-0.2, -0.15) is 0 Å². The zero-order valence-corrected chi connectivity index (χ0v) is 16.0. The van der Waals surface area contributed by atoms with E-state index in [1.54, 1.807) is 0 Å². The van der Waals surface area contributed by atoms with Gasteiger partial charge in [-0.25, -0.2) is 30.3 Å². The van der Waals surface area contributed by atoms with E-state index in [1.165, 1.54) is 18.2 Å². The molecule has 0 bridgehead atoms. The van der Waals surface area contributed by atoms with Gasteiger partial charge < -0.3 is 5.32 Å². The number of hydrogen-bond donors (Lipinski definition) is 2. The highest BCUT2D eigenvalue weighted by atomic mass is 32.2. The number of carbonyl (C=O) groups excluding carboxylic acids is 1. The number of hydrogen-bond acceptors (Lipinski definition) is 5. The van der Waals surface area contributed by atoms with Crippen molar-refractivity contribution in [1.82, 2.24) is 4.72 Å². The molecular weight excluding hydrogens is 414 g/mol. The first-order valence-corrected chi connectivity index (χ1v) is 11.4. The summed E-state index contributed by atoms with van der Waals surface area (Å²) in [5.41, 5.74) is -0.170. The van der Waals surface area contributed by atoms with Crippen LogP contribution in [-0.2, 0) is 19.9 Å². The summed E-state index contributed by atoms with van der Waals surface area (Å²) in [6.45, 7) is 0. The smallest absolute Gasteiger partial charge is 0.255 e. The number of rotatable bonds is 5. The van der Waals surface area contributed by atoms with Crippen molar-refractivity contribution in [2.75, 3.05) is 16.8 Å². The Kier molecular flexibility index (Phi) is 5.50. The molecule has 2 aromatic carbocycles. The van der Waals surface area contributed by atoms with Crippen LogP contribution in [0, 0.1) is 11.6 Å². The summed E-state index contributed by atoms with van der Waals surface area (Å²) in [7, 11) is -7.32. The Hall–Kier alpha value is -2.37. The molecule has 1 amide bonds. The molecule has 1 aliphatic rings. The summed E-state index contributed by atoms with van der Waals surface area (Å²) < 4.78 is 76.7. The van der Waals surface area contributed by atoms with Crippen LogP contribution in [0.25, 0.3) is 0 Å². The second-order valence-electron chi connectivity index (χ2n) is 6.36. The molecule has 28 heavy (non-hydrogen) atoms. The number of halogens is 2. The number of nitrogens with one attached hydrogen (secondary N) is 2. The number of sulfonamides is 1. The van der Waals surface area contributed by atoms with Crippen LogP contribution in [0.15, 0.2) is 47.4 Å². The van der Waals surface area contributed by atoms with E-state index in [9.17, 15) is 30.4 Å². The quantitative estimate of drug-likeness (QED) is 0.750. The first-order valence-electron chi connectivity index (χ1n) is 8.14. The van der Waals surface area contributed by atoms with Gasteiger partial charge >= 0.3 is 0 Å². The normalized spacial score (nSPS) is 18.7. The average molecular weight is 430 g/mol. The van der Waals surface area contributed by atoms with Crippen LogP contribution in [0.2, 0.25) is 0 Å². The minimum absolute atomic E-state index is 0.0495. The summed E-state index contributed by atoms with van der Waals surface area (Å²) in [4.78, 5) is 12.1. The summed E-state index contributed by atoms with van der Waals surface area (Å²) in [5, 5.41) is 2.29. The van der Waals surface area contributed by atoms with E-state index in [4.69, 9.17) is 0 Å². The molecule has 1 aliphatic heterocycles. The van der Waals surface area contributed by atoms with Gasteiger partial charge in [-0.3, -0.25) is 4.79 Å². The van der Waals surface area contributed by atoms with Crippen LogP contribution < -0.4 is 10.0 Å². The molecule has 3 rings (SSSR count). The highest BCUT2D eigenvalue weighted by Gasteiger charge is 2.31. The highest BCUT2D eigenvalue weighted by molar-refractivity contribution is 7.92. The molecule has 7 nitrogen and oxygen atoms in total. The van der Waals surface area contributed by atoms with E-state index in [0.29, 0.717) is 6.07 Å². The van der Waals surface area contributed by atoms with Gasteiger partial charge in [0.2, 0.25) is 10.0 Å². The molecule has 1 saturated heterocycles. The van der Waals surface area contributed by atoms with Gasteiger partial charge in [0.05, 0.1) is 16.4 Å². The predicted molar refractivity (Wildman–Crippen MR) is 98.1 cm³/mol. The lowest BCUT2D eigenvalue weighted by Gasteiger charge is -2.12. The predicted octanol–water partition coefficient (Wildman–Crippen LogP) is 1.68. The minimum atomic E-state index is -4.05. The zero-order valence-electron chi connectivity index (χ0n) is 14.4. The van der Waals surface area contributed by atoms with Crippen molar-refractivity contribution in [3.63, 3.8) is 0 Å². The molecule has 2 N–H and O–H groups in total. The van der Waals surface area contributed by atoms with Crippen molar-refractivity contribution in [3.05, 3.63) is 59.7 Å². The standard InChI is InChI=1S/C17H16F2N2O5S2/c18-12-7-13(19)9-15(8-12)20-17(22)11-2-1-3-16(6-11)28(25,26)21-14-4-5-27(23,24)10-14/h1-3,6-9,14,21H,4-5,10H2,(H,20,22). The Morgan fingerprint density at radius 1 is 1.07 bits per heavy atom. The summed E-state index contributed by atoms with van der Waals surface area (Å²) in [6, 6.07) is 6.78. The van der Waals surface area contributed by atoms with Gasteiger partial charge in [-0.05, 0) is 36.8 Å². The Morgan fingerprint density at radius 2 is 1.75 bits per heavy atom. The zero-order chi connectivity index (χ0) is 20.5. The Balaban J connectivity index is 1.78. The third kappa shape index (κ3) is 4.91. The number of carbonyl (C=O) groups is 1. The molecule has 0 spiro atoms. The number of amides is 1. The second kappa shape index (κ2) is 7.57. The Labute approximate surface area is 160 Å². The van der Waals surface area contributed by atoms with Crippen LogP contribution in [0.3, 0.4) is 0 Å². The maximum absolute atomic E-state index is 13.2. The van der Waals surface area contributed by atoms with E-state index in [-0.39, 0.29) is 34.1 Å². The number of benzene rings is 2. The largest absolute Gasteiger partial charge is 0.322 e. The van der Waals surface area contributed by atoms with Gasteiger partial charge in [-0.15, -0.1) is 0 Å². The van der Waals surface area contributed by atoms with Crippen molar-refractivity contribution < 1.29 is 30.4 Å². The molecular formula is C17H16F2N2O5S2. The van der Waals surface area contributed by atoms with Crippen LogP contribution in [-0.4, -0.2) is 40.3 Å². The van der Waals surface area contributed by atoms with Crippen LogP contribution in [0.5, 0.6) is 0 Å². The van der Waals surface area contributed by atoms with Gasteiger partial charge in [0.15, 0.2) is 9.84 Å². The van der Waals surface area contributed by atoms with E-state index in [1.807, 2.05) is 0 Å². The van der Waals surface area contributed by atoms with E-state index in [2.05, 4.69) is 10.0 Å². The van der Waals surface area contributed by atoms with Crippen molar-refractivity contribution in [2.24, 2.45) is 0 Å². The molecule has 1 fully saturated rings. The lowest BCUT2D eigenvalue weighted by Crippen LogP contribution is -2.35. The van der Waals surface area contributed by atoms with Gasteiger partial charge in [-0.1, -0.05) is 6.07 Å². The Bertz CT molecular complexity index is 1110. The lowest BCUT2D eigenvalue weighted by molar-refractivity contribution is 0.102. The lowest BCUT2D eigenvalue weighted by atomic mass is 10.2. The molecule has 1 unspecified atom stereocenters. The molecule has 0 aromatic heterocycles. The van der Waals surface area contributed by atoms with Crippen molar-refractivity contribution in [1.29, 1.82) is 0 Å². The number of sulfone groups is 1. The maximum Gasteiger partial charge on any atom is 0.255 e. The van der Waals surface area contributed by atoms with Crippen molar-refractivity contribution >= 4 is 31.5 Å². The minimum Gasteiger partial charge on any atom is -0.322 e. The fraction of sp³-hybridized carbons (Fsp3) is 0.235. The molecule has 1 atom stereocenters. The molecule has 11 heteroatoms. The summed E-state index contributed by atoms with van der Waals surface area (Å²) >= 11 is 0. The van der Waals surface area contributed by atoms with Crippen LogP contribution >= 0.6 is 0 Å². The van der Waals surface area contributed by atoms with Gasteiger partial charge in [0.1, 0.15) is 11.6 Å². The van der Waals surface area contributed by atoms with Crippen molar-refractivity contribution in [2.45, 2.75) is 17.4 Å². The molecule has 0 aliphatic carbocycles. The maximum atomic E-state index is 13.2. The first-order chi connectivity index (χ1) is 13.0.